The molecule has 0 fully saturated rings. The van der Waals surface area contributed by atoms with Gasteiger partial charge in [-0.2, -0.15) is 0 Å². The number of Topliss-reactive ketones (excluding diaryl/α,β-unsaturated/α-hetero) is 1. The summed E-state index contributed by atoms with van der Waals surface area (Å²) in [5.74, 6) is -0.607. The summed E-state index contributed by atoms with van der Waals surface area (Å²) in [7, 11) is 0. The first-order valence-corrected chi connectivity index (χ1v) is 5.57. The summed E-state index contributed by atoms with van der Waals surface area (Å²) in [5.41, 5.74) is 0.887. The molecule has 0 N–H and O–H groups in total. The number of aromatic nitrogens is 1. The third-order valence-electron chi connectivity index (χ3n) is 2.72. The fourth-order valence-electron chi connectivity index (χ4n) is 1.81. The summed E-state index contributed by atoms with van der Waals surface area (Å²) in [5, 5.41) is 10.7. The molecule has 2 rings (SSSR count). The van der Waals surface area contributed by atoms with Crippen LogP contribution in [-0.2, 0) is 6.54 Å². The average Bonchev–Trinajstić information content (AvgIpc) is 2.76. The van der Waals surface area contributed by atoms with Gasteiger partial charge in [-0.05, 0) is 17.7 Å². The van der Waals surface area contributed by atoms with Gasteiger partial charge in [0.15, 0.2) is 5.78 Å². The van der Waals surface area contributed by atoms with Gasteiger partial charge in [0, 0.05) is 19.5 Å². The first-order valence-electron chi connectivity index (χ1n) is 5.57. The Kier molecular flexibility index (Phi) is 3.41. The largest absolute Gasteiger partial charge is 0.334 e. The van der Waals surface area contributed by atoms with Gasteiger partial charge in [0.2, 0.25) is 0 Å². The number of benzene rings is 1. The van der Waals surface area contributed by atoms with E-state index in [1.807, 2.05) is 0 Å². The quantitative estimate of drug-likeness (QED) is 0.483. The molecular formula is C13H11FN2O3. The normalized spacial score (nSPS) is 10.4. The second-order valence-corrected chi connectivity index (χ2v) is 4.15. The molecule has 5 nitrogen and oxygen atoms in total. The van der Waals surface area contributed by atoms with Crippen molar-refractivity contribution in [3.63, 3.8) is 0 Å². The maximum atomic E-state index is 12.8. The lowest BCUT2D eigenvalue weighted by Crippen LogP contribution is -2.06. The van der Waals surface area contributed by atoms with Gasteiger partial charge >= 0.3 is 0 Å². The molecular weight excluding hydrogens is 251 g/mol. The fourth-order valence-corrected chi connectivity index (χ4v) is 1.81. The SMILES string of the molecule is CC(=O)c1cc([N+](=O)[O-])cn1Cc1ccc(F)cc1. The van der Waals surface area contributed by atoms with Crippen LogP contribution in [0, 0.1) is 15.9 Å². The highest BCUT2D eigenvalue weighted by Crippen LogP contribution is 2.18. The van der Waals surface area contributed by atoms with Crippen molar-refractivity contribution in [1.29, 1.82) is 0 Å². The van der Waals surface area contributed by atoms with E-state index in [0.717, 1.165) is 5.56 Å². The molecule has 0 amide bonds. The van der Waals surface area contributed by atoms with Crippen molar-refractivity contribution in [3.8, 4) is 0 Å². The van der Waals surface area contributed by atoms with Crippen molar-refractivity contribution in [3.05, 3.63) is 63.7 Å². The number of hydrogen-bond donors (Lipinski definition) is 0. The summed E-state index contributed by atoms with van der Waals surface area (Å²) >= 11 is 0. The molecule has 0 spiro atoms. The Bertz CT molecular complexity index is 632. The van der Waals surface area contributed by atoms with Crippen LogP contribution in [0.2, 0.25) is 0 Å². The summed E-state index contributed by atoms with van der Waals surface area (Å²) in [6.45, 7) is 1.63. The number of carbonyl (C=O) groups excluding carboxylic acids is 1. The van der Waals surface area contributed by atoms with Crippen LogP contribution >= 0.6 is 0 Å². The Hall–Kier alpha value is -2.50. The van der Waals surface area contributed by atoms with E-state index in [9.17, 15) is 19.3 Å². The molecule has 1 aromatic carbocycles. The van der Waals surface area contributed by atoms with Gasteiger partial charge in [-0.1, -0.05) is 12.1 Å². The Morgan fingerprint density at radius 2 is 2.00 bits per heavy atom. The van der Waals surface area contributed by atoms with E-state index in [-0.39, 0.29) is 29.5 Å². The smallest absolute Gasteiger partial charge is 0.287 e. The first-order chi connectivity index (χ1) is 8.97. The van der Waals surface area contributed by atoms with Crippen LogP contribution in [-0.4, -0.2) is 15.3 Å². The molecule has 0 aliphatic rings. The van der Waals surface area contributed by atoms with Crippen LogP contribution in [0.4, 0.5) is 10.1 Å². The lowest BCUT2D eigenvalue weighted by Gasteiger charge is -2.06. The Labute approximate surface area is 108 Å². The number of hydrogen-bond acceptors (Lipinski definition) is 3. The Balaban J connectivity index is 2.35. The van der Waals surface area contributed by atoms with Crippen LogP contribution in [0.25, 0.3) is 0 Å². The number of nitro groups is 1. The average molecular weight is 262 g/mol. The van der Waals surface area contributed by atoms with Gasteiger partial charge in [0.1, 0.15) is 5.82 Å². The van der Waals surface area contributed by atoms with E-state index in [4.69, 9.17) is 0 Å². The van der Waals surface area contributed by atoms with Gasteiger partial charge in [0.25, 0.3) is 5.69 Å². The van der Waals surface area contributed by atoms with Crippen LogP contribution in [0.5, 0.6) is 0 Å². The molecule has 98 valence electrons. The predicted octanol–water partition coefficient (Wildman–Crippen LogP) is 2.79. The van der Waals surface area contributed by atoms with Crippen LogP contribution < -0.4 is 0 Å². The highest BCUT2D eigenvalue weighted by atomic mass is 19.1. The third kappa shape index (κ3) is 2.85. The van der Waals surface area contributed by atoms with E-state index in [0.29, 0.717) is 0 Å². The van der Waals surface area contributed by atoms with E-state index in [1.165, 1.54) is 35.9 Å². The van der Waals surface area contributed by atoms with Crippen LogP contribution in [0.3, 0.4) is 0 Å². The van der Waals surface area contributed by atoms with Crippen LogP contribution in [0.15, 0.2) is 36.5 Å². The molecule has 0 bridgehead atoms. The number of rotatable bonds is 4. The van der Waals surface area contributed by atoms with Crippen molar-refractivity contribution < 1.29 is 14.1 Å². The number of halogens is 1. The Morgan fingerprint density at radius 3 is 2.53 bits per heavy atom. The maximum absolute atomic E-state index is 12.8. The summed E-state index contributed by atoms with van der Waals surface area (Å²) < 4.78 is 14.3. The van der Waals surface area contributed by atoms with E-state index in [2.05, 4.69) is 0 Å². The molecule has 1 heterocycles. The molecule has 0 radical (unpaired) electrons. The minimum Gasteiger partial charge on any atom is -0.334 e. The summed E-state index contributed by atoms with van der Waals surface area (Å²) in [6, 6.07) is 7.00. The molecule has 1 aromatic heterocycles. The molecule has 0 unspecified atom stereocenters. The zero-order valence-electron chi connectivity index (χ0n) is 10.2. The van der Waals surface area contributed by atoms with Gasteiger partial charge in [0.05, 0.1) is 16.8 Å². The van der Waals surface area contributed by atoms with Gasteiger partial charge in [-0.25, -0.2) is 4.39 Å². The zero-order valence-corrected chi connectivity index (χ0v) is 10.2. The van der Waals surface area contributed by atoms with Gasteiger partial charge in [-0.15, -0.1) is 0 Å². The summed E-state index contributed by atoms with van der Waals surface area (Å²) in [6.07, 6.45) is 1.31. The van der Waals surface area contributed by atoms with Crippen molar-refractivity contribution in [2.24, 2.45) is 0 Å². The Morgan fingerprint density at radius 1 is 1.37 bits per heavy atom. The lowest BCUT2D eigenvalue weighted by atomic mass is 10.2. The molecule has 0 aliphatic heterocycles. The number of carbonyl (C=O) groups is 1. The van der Waals surface area contributed by atoms with E-state index < -0.39 is 4.92 Å². The van der Waals surface area contributed by atoms with E-state index in [1.54, 1.807) is 12.1 Å². The summed E-state index contributed by atoms with van der Waals surface area (Å²) in [4.78, 5) is 21.6. The molecule has 19 heavy (non-hydrogen) atoms. The zero-order chi connectivity index (χ0) is 14.0. The second kappa shape index (κ2) is 5.01. The third-order valence-corrected chi connectivity index (χ3v) is 2.72. The van der Waals surface area contributed by atoms with Crippen molar-refractivity contribution in [1.82, 2.24) is 4.57 Å². The van der Waals surface area contributed by atoms with Crippen molar-refractivity contribution in [2.75, 3.05) is 0 Å². The molecule has 2 aromatic rings. The second-order valence-electron chi connectivity index (χ2n) is 4.15. The lowest BCUT2D eigenvalue weighted by molar-refractivity contribution is -0.384. The standard InChI is InChI=1S/C13H11FN2O3/c1-9(17)13-6-12(16(18)19)8-15(13)7-10-2-4-11(14)5-3-10/h2-6,8H,7H2,1H3. The highest BCUT2D eigenvalue weighted by Gasteiger charge is 2.16. The fraction of sp³-hybridized carbons (Fsp3) is 0.154. The monoisotopic (exact) mass is 262 g/mol. The van der Waals surface area contributed by atoms with Crippen molar-refractivity contribution >= 4 is 11.5 Å². The molecule has 0 aliphatic carbocycles. The maximum Gasteiger partial charge on any atom is 0.287 e. The van der Waals surface area contributed by atoms with Gasteiger partial charge in [-0.3, -0.25) is 14.9 Å². The number of ketones is 1. The van der Waals surface area contributed by atoms with E-state index >= 15 is 0 Å². The molecule has 0 saturated carbocycles. The predicted molar refractivity (Wildman–Crippen MR) is 66.6 cm³/mol. The first kappa shape index (κ1) is 12.9. The minimum atomic E-state index is -0.548. The highest BCUT2D eigenvalue weighted by molar-refractivity contribution is 5.93. The van der Waals surface area contributed by atoms with Crippen molar-refractivity contribution in [2.45, 2.75) is 13.5 Å². The molecule has 6 heteroatoms. The van der Waals surface area contributed by atoms with Crippen LogP contribution in [0.1, 0.15) is 23.0 Å². The van der Waals surface area contributed by atoms with Gasteiger partial charge < -0.3 is 4.57 Å². The topological polar surface area (TPSA) is 65.1 Å². The molecule has 0 saturated heterocycles. The number of nitrogens with zero attached hydrogens (tertiary/aromatic N) is 2. The minimum absolute atomic E-state index is 0.132. The molecule has 0 atom stereocenters.